The average Bonchev–Trinajstić information content (AvgIpc) is 3.08. The number of piperidine rings is 1. The number of nitrogens with one attached hydrogen (secondary N) is 1. The van der Waals surface area contributed by atoms with Crippen molar-refractivity contribution in [3.8, 4) is 0 Å². The summed E-state index contributed by atoms with van der Waals surface area (Å²) in [5.41, 5.74) is 2.89. The number of thiazole rings is 1. The van der Waals surface area contributed by atoms with Crippen LogP contribution in [0.15, 0.2) is 52.2 Å². The van der Waals surface area contributed by atoms with E-state index in [9.17, 15) is 13.2 Å². The number of fused-ring (bicyclic) bond motifs is 1. The SMILES string of the molecule is CCCn1c(=O)sc2cc(S(=O)(=O)N[C@H](C)c3ccc(N4CCC[C@@H](C)C4)cc3)ccc21. The van der Waals surface area contributed by atoms with Gasteiger partial charge in [-0.3, -0.25) is 9.36 Å². The molecule has 0 bridgehead atoms. The molecule has 1 aliphatic heterocycles. The Morgan fingerprint density at radius 2 is 1.94 bits per heavy atom. The normalized spacial score (nSPS) is 18.2. The average molecular weight is 474 g/mol. The van der Waals surface area contributed by atoms with Crippen molar-refractivity contribution in [2.24, 2.45) is 5.92 Å². The fourth-order valence-electron chi connectivity index (χ4n) is 4.42. The summed E-state index contributed by atoms with van der Waals surface area (Å²) >= 11 is 1.09. The Labute approximate surface area is 193 Å². The number of anilines is 1. The Morgan fingerprint density at radius 3 is 2.62 bits per heavy atom. The molecule has 0 unspecified atom stereocenters. The maximum absolute atomic E-state index is 13.0. The molecule has 2 aromatic carbocycles. The number of sulfonamides is 1. The highest BCUT2D eigenvalue weighted by Crippen LogP contribution is 2.26. The second-order valence-corrected chi connectivity index (χ2v) is 11.5. The lowest BCUT2D eigenvalue weighted by atomic mass is 9.99. The molecule has 1 N–H and O–H groups in total. The van der Waals surface area contributed by atoms with Gasteiger partial charge in [-0.1, -0.05) is 37.3 Å². The van der Waals surface area contributed by atoms with Crippen LogP contribution in [0.25, 0.3) is 10.2 Å². The van der Waals surface area contributed by atoms with Crippen molar-refractivity contribution in [1.29, 1.82) is 0 Å². The third-order valence-electron chi connectivity index (χ3n) is 6.14. The van der Waals surface area contributed by atoms with Crippen LogP contribution in [0.3, 0.4) is 0 Å². The Balaban J connectivity index is 1.51. The molecule has 1 fully saturated rings. The van der Waals surface area contributed by atoms with Gasteiger partial charge in [0.1, 0.15) is 0 Å². The van der Waals surface area contributed by atoms with E-state index in [2.05, 4.69) is 28.7 Å². The topological polar surface area (TPSA) is 71.4 Å². The predicted molar refractivity (Wildman–Crippen MR) is 132 cm³/mol. The zero-order valence-electron chi connectivity index (χ0n) is 18.9. The van der Waals surface area contributed by atoms with Crippen LogP contribution in [0.4, 0.5) is 5.69 Å². The predicted octanol–water partition coefficient (Wildman–Crippen LogP) is 4.75. The van der Waals surface area contributed by atoms with Crippen LogP contribution in [0.1, 0.15) is 51.6 Å². The third-order valence-corrected chi connectivity index (χ3v) is 8.62. The van der Waals surface area contributed by atoms with Crippen molar-refractivity contribution in [2.75, 3.05) is 18.0 Å². The summed E-state index contributed by atoms with van der Waals surface area (Å²) in [5, 5.41) is 0. The maximum Gasteiger partial charge on any atom is 0.308 e. The first-order chi connectivity index (χ1) is 15.3. The lowest BCUT2D eigenvalue weighted by Gasteiger charge is -2.33. The largest absolute Gasteiger partial charge is 0.371 e. The molecule has 1 aliphatic rings. The summed E-state index contributed by atoms with van der Waals surface area (Å²) in [7, 11) is -3.72. The second-order valence-electron chi connectivity index (χ2n) is 8.78. The monoisotopic (exact) mass is 473 g/mol. The Kier molecular flexibility index (Phi) is 6.74. The van der Waals surface area contributed by atoms with Gasteiger partial charge in [-0.2, -0.15) is 0 Å². The molecular formula is C24H31N3O3S2. The minimum absolute atomic E-state index is 0.0547. The van der Waals surface area contributed by atoms with E-state index in [1.165, 1.54) is 18.5 Å². The van der Waals surface area contributed by atoms with E-state index in [4.69, 9.17) is 0 Å². The number of benzene rings is 2. The first-order valence-electron chi connectivity index (χ1n) is 11.3. The number of nitrogens with zero attached hydrogens (tertiary/aromatic N) is 2. The van der Waals surface area contributed by atoms with Gasteiger partial charge in [0.15, 0.2) is 0 Å². The molecule has 6 nitrogen and oxygen atoms in total. The van der Waals surface area contributed by atoms with E-state index < -0.39 is 10.0 Å². The minimum Gasteiger partial charge on any atom is -0.371 e. The van der Waals surface area contributed by atoms with Gasteiger partial charge in [-0.05, 0) is 68.0 Å². The van der Waals surface area contributed by atoms with Crippen molar-refractivity contribution >= 4 is 37.3 Å². The summed E-state index contributed by atoms with van der Waals surface area (Å²) in [6, 6.07) is 12.7. The maximum atomic E-state index is 13.0. The number of aryl methyl sites for hydroxylation is 1. The Hall–Kier alpha value is -2.16. The van der Waals surface area contributed by atoms with Crippen LogP contribution in [0.2, 0.25) is 0 Å². The van der Waals surface area contributed by atoms with Gasteiger partial charge in [0, 0.05) is 31.4 Å². The van der Waals surface area contributed by atoms with Crippen LogP contribution in [0.5, 0.6) is 0 Å². The highest BCUT2D eigenvalue weighted by atomic mass is 32.2. The summed E-state index contributed by atoms with van der Waals surface area (Å²) in [6.07, 6.45) is 3.33. The zero-order valence-corrected chi connectivity index (χ0v) is 20.5. The van der Waals surface area contributed by atoms with E-state index in [-0.39, 0.29) is 15.8 Å². The molecule has 1 aromatic heterocycles. The van der Waals surface area contributed by atoms with E-state index in [1.54, 1.807) is 22.8 Å². The molecule has 1 saturated heterocycles. The van der Waals surface area contributed by atoms with Gasteiger partial charge in [0.2, 0.25) is 10.0 Å². The van der Waals surface area contributed by atoms with E-state index in [0.29, 0.717) is 17.2 Å². The van der Waals surface area contributed by atoms with Gasteiger partial charge >= 0.3 is 4.87 Å². The summed E-state index contributed by atoms with van der Waals surface area (Å²) in [4.78, 5) is 14.8. The molecule has 0 aliphatic carbocycles. The first-order valence-corrected chi connectivity index (χ1v) is 13.6. The van der Waals surface area contributed by atoms with Crippen molar-refractivity contribution in [3.63, 3.8) is 0 Å². The van der Waals surface area contributed by atoms with Gasteiger partial charge < -0.3 is 4.90 Å². The summed E-state index contributed by atoms with van der Waals surface area (Å²) in [5.74, 6) is 0.698. The van der Waals surface area contributed by atoms with Gasteiger partial charge in [-0.15, -0.1) is 0 Å². The molecule has 2 heterocycles. The van der Waals surface area contributed by atoms with Gasteiger partial charge in [-0.25, -0.2) is 13.1 Å². The lowest BCUT2D eigenvalue weighted by Crippen LogP contribution is -2.34. The van der Waals surface area contributed by atoms with Crippen molar-refractivity contribution in [2.45, 2.75) is 57.5 Å². The van der Waals surface area contributed by atoms with Crippen LogP contribution in [0, 0.1) is 5.92 Å². The van der Waals surface area contributed by atoms with Gasteiger partial charge in [0.05, 0.1) is 15.1 Å². The molecular weight excluding hydrogens is 442 g/mol. The molecule has 8 heteroatoms. The van der Waals surface area contributed by atoms with E-state index in [1.807, 2.05) is 26.0 Å². The number of aromatic nitrogens is 1. The molecule has 0 radical (unpaired) electrons. The molecule has 2 atom stereocenters. The number of hydrogen-bond acceptors (Lipinski definition) is 5. The zero-order chi connectivity index (χ0) is 22.9. The number of hydrogen-bond donors (Lipinski definition) is 1. The van der Waals surface area contributed by atoms with E-state index in [0.717, 1.165) is 41.9 Å². The summed E-state index contributed by atoms with van der Waals surface area (Å²) in [6.45, 7) is 8.92. The minimum atomic E-state index is -3.72. The highest BCUT2D eigenvalue weighted by molar-refractivity contribution is 7.89. The van der Waals surface area contributed by atoms with E-state index >= 15 is 0 Å². The molecule has 0 spiro atoms. The van der Waals surface area contributed by atoms with Crippen molar-refractivity contribution in [3.05, 3.63) is 57.7 Å². The Morgan fingerprint density at radius 1 is 1.19 bits per heavy atom. The standard InChI is InChI=1S/C24H31N3O3S2/c1-4-13-27-22-12-11-21(15-23(22)31-24(27)28)32(29,30)25-18(3)19-7-9-20(10-8-19)26-14-5-6-17(2)16-26/h7-12,15,17-18,25H,4-6,13-14,16H2,1-3H3/t17-,18-/m1/s1. The van der Waals surface area contributed by atoms with Crippen LogP contribution < -0.4 is 14.5 Å². The van der Waals surface area contributed by atoms with Gasteiger partial charge in [0.25, 0.3) is 0 Å². The Bertz CT molecular complexity index is 1250. The molecule has 172 valence electrons. The molecule has 32 heavy (non-hydrogen) atoms. The third kappa shape index (κ3) is 4.77. The molecule has 0 amide bonds. The fraction of sp³-hybridized carbons (Fsp3) is 0.458. The smallest absolute Gasteiger partial charge is 0.308 e. The molecule has 4 rings (SSSR count). The highest BCUT2D eigenvalue weighted by Gasteiger charge is 2.21. The van der Waals surface area contributed by atoms with Crippen LogP contribution in [-0.4, -0.2) is 26.1 Å². The molecule has 0 saturated carbocycles. The van der Waals surface area contributed by atoms with Crippen molar-refractivity contribution < 1.29 is 8.42 Å². The van der Waals surface area contributed by atoms with Crippen LogP contribution >= 0.6 is 11.3 Å². The lowest BCUT2D eigenvalue weighted by molar-refractivity contribution is 0.447. The summed E-state index contributed by atoms with van der Waals surface area (Å²) < 4.78 is 31.2. The van der Waals surface area contributed by atoms with Crippen molar-refractivity contribution in [1.82, 2.24) is 9.29 Å². The second kappa shape index (κ2) is 9.37. The first kappa shape index (κ1) is 23.0. The fourth-order valence-corrected chi connectivity index (χ4v) is 6.70. The number of rotatable bonds is 7. The quantitative estimate of drug-likeness (QED) is 0.538. The van der Waals surface area contributed by atoms with Crippen LogP contribution in [-0.2, 0) is 16.6 Å². The molecule has 3 aromatic rings.